The Morgan fingerprint density at radius 2 is 2.62 bits per heavy atom. The molecule has 1 aromatic heterocycles. The number of nitrogens with two attached hydrogens (primary N) is 1. The number of hydrogen-bond acceptors (Lipinski definition) is 5. The molecule has 1 aliphatic heterocycles. The Morgan fingerprint density at radius 1 is 1.81 bits per heavy atom. The molecular weight excluding hydrogens is 217 g/mol. The van der Waals surface area contributed by atoms with Gasteiger partial charge in [0.2, 0.25) is 1.43 Å². The molecule has 0 bridgehead atoms. The minimum Gasteiger partial charge on any atom is -0.394 e. The van der Waals surface area contributed by atoms with Crippen molar-refractivity contribution in [2.24, 2.45) is 0 Å². The van der Waals surface area contributed by atoms with Crippen molar-refractivity contribution in [3.05, 3.63) is 22.5 Å². The van der Waals surface area contributed by atoms with Crippen LogP contribution in [-0.2, 0) is 4.74 Å². The standard InChI is InChI=1S/C9H12FN3O3/c10-6-3-13(9(15)12-8(6)11)7-2-1-5(4-14)16-7/h3,5,7,14H,1-2,4H2,(H2,11,12,15)/t5-,7+/m1/s1/i14D. The number of halogens is 1. The topological polar surface area (TPSA) is 90.4 Å². The van der Waals surface area contributed by atoms with E-state index in [9.17, 15) is 9.18 Å². The maximum absolute atomic E-state index is 13.2. The van der Waals surface area contributed by atoms with E-state index in [-0.39, 0.29) is 12.7 Å². The van der Waals surface area contributed by atoms with Gasteiger partial charge in [-0.2, -0.15) is 4.98 Å². The number of rotatable bonds is 3. The van der Waals surface area contributed by atoms with Crippen molar-refractivity contribution < 1.29 is 14.2 Å². The first-order valence-corrected chi connectivity index (χ1v) is 4.89. The number of aliphatic hydroxyl groups is 1. The first-order valence-electron chi connectivity index (χ1n) is 5.30. The Hall–Kier alpha value is -1.47. The van der Waals surface area contributed by atoms with Crippen molar-refractivity contribution in [1.82, 2.24) is 9.55 Å². The fourth-order valence-electron chi connectivity index (χ4n) is 1.68. The largest absolute Gasteiger partial charge is 0.394 e. The van der Waals surface area contributed by atoms with Gasteiger partial charge in [-0.15, -0.1) is 0 Å². The highest BCUT2D eigenvalue weighted by molar-refractivity contribution is 5.26. The van der Waals surface area contributed by atoms with Crippen LogP contribution in [0.25, 0.3) is 0 Å². The predicted molar refractivity (Wildman–Crippen MR) is 53.1 cm³/mol. The molecule has 0 spiro atoms. The van der Waals surface area contributed by atoms with Crippen molar-refractivity contribution in [1.29, 1.82) is 1.43 Å². The van der Waals surface area contributed by atoms with Crippen LogP contribution in [0.2, 0.25) is 0 Å². The fraction of sp³-hybridized carbons (Fsp3) is 0.556. The lowest BCUT2D eigenvalue weighted by molar-refractivity contribution is -0.0249. The summed E-state index contributed by atoms with van der Waals surface area (Å²) in [5.74, 6) is -1.18. The second kappa shape index (κ2) is 4.18. The number of hydrogen-bond donors (Lipinski definition) is 2. The highest BCUT2D eigenvalue weighted by Crippen LogP contribution is 2.26. The maximum Gasteiger partial charge on any atom is 0.351 e. The van der Waals surface area contributed by atoms with Crippen LogP contribution in [0.3, 0.4) is 0 Å². The van der Waals surface area contributed by atoms with Crippen molar-refractivity contribution in [2.75, 3.05) is 12.3 Å². The highest BCUT2D eigenvalue weighted by atomic mass is 19.1. The molecule has 3 N–H and O–H groups in total. The third-order valence-electron chi connectivity index (χ3n) is 2.52. The molecule has 0 unspecified atom stereocenters. The zero-order valence-electron chi connectivity index (χ0n) is 9.43. The molecule has 1 aromatic rings. The number of aromatic nitrogens is 2. The van der Waals surface area contributed by atoms with Gasteiger partial charge in [0.15, 0.2) is 11.6 Å². The van der Waals surface area contributed by atoms with Gasteiger partial charge in [0, 0.05) is 0 Å². The van der Waals surface area contributed by atoms with Crippen molar-refractivity contribution in [3.63, 3.8) is 0 Å². The van der Waals surface area contributed by atoms with Crippen LogP contribution in [-0.4, -0.2) is 28.8 Å². The molecule has 16 heavy (non-hydrogen) atoms. The first kappa shape index (κ1) is 9.73. The number of ether oxygens (including phenoxy) is 1. The Labute approximate surface area is 92.0 Å². The highest BCUT2D eigenvalue weighted by Gasteiger charge is 2.27. The normalized spacial score (nSPS) is 25.7. The summed E-state index contributed by atoms with van der Waals surface area (Å²) >= 11 is 0. The summed E-state index contributed by atoms with van der Waals surface area (Å²) < 4.78 is 26.3. The summed E-state index contributed by atoms with van der Waals surface area (Å²) in [5.41, 5.74) is 4.53. The lowest BCUT2D eigenvalue weighted by Gasteiger charge is -2.14. The Kier molecular flexibility index (Phi) is 2.55. The summed E-state index contributed by atoms with van der Waals surface area (Å²) in [6.07, 6.45) is 1.33. The molecule has 6 nitrogen and oxygen atoms in total. The van der Waals surface area contributed by atoms with E-state index in [0.717, 1.165) is 10.8 Å². The molecule has 7 heteroatoms. The fourth-order valence-corrected chi connectivity index (χ4v) is 1.68. The van der Waals surface area contributed by atoms with Crippen LogP contribution in [0.15, 0.2) is 11.0 Å². The lowest BCUT2D eigenvalue weighted by Crippen LogP contribution is -2.28. The quantitative estimate of drug-likeness (QED) is 0.739. The Morgan fingerprint density at radius 3 is 3.38 bits per heavy atom. The zero-order valence-corrected chi connectivity index (χ0v) is 8.43. The smallest absolute Gasteiger partial charge is 0.351 e. The molecule has 1 fully saturated rings. The van der Waals surface area contributed by atoms with Crippen LogP contribution in [0.1, 0.15) is 19.1 Å². The molecule has 2 atom stereocenters. The van der Waals surface area contributed by atoms with Gasteiger partial charge in [0.1, 0.15) is 6.23 Å². The molecule has 0 aliphatic carbocycles. The number of aliphatic hydroxyl groups excluding tert-OH is 1. The van der Waals surface area contributed by atoms with E-state index in [0.29, 0.717) is 12.8 Å². The number of nitrogens with zero attached hydrogens (tertiary/aromatic N) is 2. The van der Waals surface area contributed by atoms with E-state index in [2.05, 4.69) is 10.1 Å². The van der Waals surface area contributed by atoms with Crippen LogP contribution in [0.4, 0.5) is 10.2 Å². The van der Waals surface area contributed by atoms with Crippen molar-refractivity contribution in [2.45, 2.75) is 25.2 Å². The first-order chi connectivity index (χ1) is 8.11. The van der Waals surface area contributed by atoms with Gasteiger partial charge in [-0.05, 0) is 12.8 Å². The molecule has 88 valence electrons. The van der Waals surface area contributed by atoms with Gasteiger partial charge in [-0.25, -0.2) is 9.18 Å². The predicted octanol–water partition coefficient (Wildman–Crippen LogP) is -0.366. The van der Waals surface area contributed by atoms with E-state index in [1.807, 2.05) is 0 Å². The van der Waals surface area contributed by atoms with E-state index >= 15 is 0 Å². The summed E-state index contributed by atoms with van der Waals surface area (Å²) in [6.45, 7) is 0.121. The Bertz CT molecular complexity index is 467. The summed E-state index contributed by atoms with van der Waals surface area (Å²) in [6, 6.07) is 0. The molecule has 0 saturated carbocycles. The molecule has 1 aliphatic rings. The molecule has 0 aromatic carbocycles. The number of anilines is 1. The molecule has 2 rings (SSSR count). The minimum absolute atomic E-state index is 0.121. The maximum atomic E-state index is 13.2. The van der Waals surface area contributed by atoms with Crippen LogP contribution < -0.4 is 11.4 Å². The van der Waals surface area contributed by atoms with Gasteiger partial charge in [0.25, 0.3) is 0 Å². The van der Waals surface area contributed by atoms with E-state index in [1.54, 1.807) is 0 Å². The molecular formula is C9H12FN3O3. The SMILES string of the molecule is [2H]OC[C@H]1CC[C@@H](n2cc(F)c(N)nc2=O)O1. The van der Waals surface area contributed by atoms with Crippen LogP contribution in [0.5, 0.6) is 0 Å². The molecule has 0 radical (unpaired) electrons. The van der Waals surface area contributed by atoms with Gasteiger partial charge in [-0.3, -0.25) is 4.57 Å². The van der Waals surface area contributed by atoms with Gasteiger partial charge < -0.3 is 15.6 Å². The molecule has 0 amide bonds. The lowest BCUT2D eigenvalue weighted by atomic mass is 10.2. The minimum atomic E-state index is -0.756. The van der Waals surface area contributed by atoms with Crippen molar-refractivity contribution >= 4 is 5.82 Å². The third kappa shape index (κ3) is 1.91. The van der Waals surface area contributed by atoms with Gasteiger partial charge >= 0.3 is 5.69 Å². The average Bonchev–Trinajstić information content (AvgIpc) is 2.72. The van der Waals surface area contributed by atoms with Gasteiger partial charge in [0.05, 0.1) is 18.9 Å². The molecule has 1 saturated heterocycles. The van der Waals surface area contributed by atoms with E-state index in [1.165, 1.54) is 0 Å². The average molecular weight is 230 g/mol. The summed E-state index contributed by atoms with van der Waals surface area (Å²) in [7, 11) is 0. The zero-order chi connectivity index (χ0) is 12.4. The van der Waals surface area contributed by atoms with Crippen LogP contribution >= 0.6 is 0 Å². The summed E-state index contributed by atoms with van der Waals surface area (Å²) in [4.78, 5) is 14.9. The summed E-state index contributed by atoms with van der Waals surface area (Å²) in [5, 5.41) is 4.21. The molecule has 2 heterocycles. The van der Waals surface area contributed by atoms with Crippen LogP contribution in [0, 0.1) is 5.82 Å². The van der Waals surface area contributed by atoms with Crippen molar-refractivity contribution in [3.8, 4) is 0 Å². The number of nitrogen functional groups attached to an aromatic ring is 1. The second-order valence-corrected chi connectivity index (χ2v) is 3.62. The van der Waals surface area contributed by atoms with E-state index < -0.39 is 23.6 Å². The second-order valence-electron chi connectivity index (χ2n) is 3.62. The van der Waals surface area contributed by atoms with Gasteiger partial charge in [-0.1, -0.05) is 0 Å². The van der Waals surface area contributed by atoms with E-state index in [4.69, 9.17) is 11.9 Å². The third-order valence-corrected chi connectivity index (χ3v) is 2.52. The monoisotopic (exact) mass is 230 g/mol. The Balaban J connectivity index is 2.19.